The first-order chi connectivity index (χ1) is 10.3. The Bertz CT molecular complexity index is 514. The molecule has 4 nitrogen and oxygen atoms in total. The number of hydrogen-bond acceptors (Lipinski definition) is 3. The van der Waals surface area contributed by atoms with Gasteiger partial charge in [0.25, 0.3) is 5.91 Å². The Morgan fingerprint density at radius 2 is 1.77 bits per heavy atom. The first-order valence-electron chi connectivity index (χ1n) is 6.79. The van der Waals surface area contributed by atoms with Gasteiger partial charge in [-0.05, 0) is 12.1 Å². The van der Waals surface area contributed by atoms with Crippen LogP contribution in [0.4, 0.5) is 17.6 Å². The van der Waals surface area contributed by atoms with Gasteiger partial charge in [0.15, 0.2) is 18.2 Å². The fourth-order valence-corrected chi connectivity index (χ4v) is 2.20. The fraction of sp³-hybridized carbons (Fsp3) is 0.500. The van der Waals surface area contributed by atoms with Crippen molar-refractivity contribution in [3.05, 3.63) is 30.1 Å². The maximum Gasteiger partial charge on any atom is 0.401 e. The maximum atomic E-state index is 13.3. The van der Waals surface area contributed by atoms with Crippen LogP contribution in [0.2, 0.25) is 0 Å². The van der Waals surface area contributed by atoms with Gasteiger partial charge in [0, 0.05) is 26.2 Å². The van der Waals surface area contributed by atoms with Crippen LogP contribution in [0.25, 0.3) is 0 Å². The van der Waals surface area contributed by atoms with Crippen molar-refractivity contribution in [2.24, 2.45) is 0 Å². The maximum absolute atomic E-state index is 13.3. The van der Waals surface area contributed by atoms with Gasteiger partial charge < -0.3 is 9.64 Å². The Morgan fingerprint density at radius 1 is 1.14 bits per heavy atom. The molecule has 1 aliphatic rings. The number of hydrogen-bond donors (Lipinski definition) is 0. The molecule has 0 saturated carbocycles. The van der Waals surface area contributed by atoms with Crippen LogP contribution < -0.4 is 4.74 Å². The second kappa shape index (κ2) is 6.95. The minimum atomic E-state index is -4.24. The molecule has 0 atom stereocenters. The third-order valence-corrected chi connectivity index (χ3v) is 3.32. The molecule has 0 unspecified atom stereocenters. The molecule has 122 valence electrons. The number of amides is 1. The van der Waals surface area contributed by atoms with E-state index < -0.39 is 18.5 Å². The highest BCUT2D eigenvalue weighted by atomic mass is 19.4. The molecule has 0 aliphatic carbocycles. The molecule has 1 aromatic carbocycles. The van der Waals surface area contributed by atoms with Crippen LogP contribution >= 0.6 is 0 Å². The van der Waals surface area contributed by atoms with E-state index in [0.29, 0.717) is 0 Å². The molecular weight excluding hydrogens is 304 g/mol. The molecule has 1 saturated heterocycles. The SMILES string of the molecule is O=C(COc1ccccc1F)N1CCN(CC(F)(F)F)CC1. The molecule has 0 spiro atoms. The summed E-state index contributed by atoms with van der Waals surface area (Å²) in [7, 11) is 0. The lowest BCUT2D eigenvalue weighted by Crippen LogP contribution is -2.51. The molecule has 22 heavy (non-hydrogen) atoms. The van der Waals surface area contributed by atoms with E-state index in [1.807, 2.05) is 0 Å². The number of piperazine rings is 1. The quantitative estimate of drug-likeness (QED) is 0.795. The van der Waals surface area contributed by atoms with Crippen molar-refractivity contribution in [2.75, 3.05) is 39.3 Å². The van der Waals surface area contributed by atoms with Gasteiger partial charge in [0.2, 0.25) is 0 Å². The molecule has 8 heteroatoms. The summed E-state index contributed by atoms with van der Waals surface area (Å²) in [5.41, 5.74) is 0. The predicted octanol–water partition coefficient (Wildman–Crippen LogP) is 1.91. The Hall–Kier alpha value is -1.83. The van der Waals surface area contributed by atoms with Crippen LogP contribution in [0.3, 0.4) is 0 Å². The number of carbonyl (C=O) groups is 1. The molecule has 1 heterocycles. The van der Waals surface area contributed by atoms with Crippen molar-refractivity contribution in [1.82, 2.24) is 9.80 Å². The lowest BCUT2D eigenvalue weighted by Gasteiger charge is -2.34. The van der Waals surface area contributed by atoms with Crippen LogP contribution in [0.1, 0.15) is 0 Å². The van der Waals surface area contributed by atoms with E-state index in [-0.39, 0.29) is 44.4 Å². The standard InChI is InChI=1S/C14H16F4N2O2/c15-11-3-1-2-4-12(11)22-9-13(21)20-7-5-19(6-8-20)10-14(16,17)18/h1-4H,5-10H2. The summed E-state index contributed by atoms with van der Waals surface area (Å²) in [6.07, 6.45) is -4.24. The van der Waals surface area contributed by atoms with E-state index >= 15 is 0 Å². The van der Waals surface area contributed by atoms with Gasteiger partial charge in [-0.3, -0.25) is 9.69 Å². The van der Waals surface area contributed by atoms with Crippen molar-refractivity contribution < 1.29 is 27.1 Å². The topological polar surface area (TPSA) is 32.8 Å². The molecule has 2 rings (SSSR count). The second-order valence-corrected chi connectivity index (χ2v) is 4.99. The molecule has 1 fully saturated rings. The zero-order valence-electron chi connectivity index (χ0n) is 11.8. The summed E-state index contributed by atoms with van der Waals surface area (Å²) >= 11 is 0. The van der Waals surface area contributed by atoms with Crippen molar-refractivity contribution >= 4 is 5.91 Å². The minimum Gasteiger partial charge on any atom is -0.481 e. The van der Waals surface area contributed by atoms with Gasteiger partial charge in [-0.1, -0.05) is 12.1 Å². The van der Waals surface area contributed by atoms with Gasteiger partial charge >= 0.3 is 6.18 Å². The lowest BCUT2D eigenvalue weighted by molar-refractivity contribution is -0.152. The zero-order chi connectivity index (χ0) is 16.2. The zero-order valence-corrected chi connectivity index (χ0v) is 11.8. The van der Waals surface area contributed by atoms with Gasteiger partial charge in [-0.25, -0.2) is 4.39 Å². The van der Waals surface area contributed by atoms with Gasteiger partial charge in [-0.2, -0.15) is 13.2 Å². The monoisotopic (exact) mass is 320 g/mol. The predicted molar refractivity (Wildman–Crippen MR) is 71.0 cm³/mol. The summed E-state index contributed by atoms with van der Waals surface area (Å²) in [5.74, 6) is -0.952. The van der Waals surface area contributed by atoms with Crippen LogP contribution in [0.5, 0.6) is 5.75 Å². The lowest BCUT2D eigenvalue weighted by atomic mass is 10.3. The van der Waals surface area contributed by atoms with Gasteiger partial charge in [0.1, 0.15) is 0 Å². The average Bonchev–Trinajstić information content (AvgIpc) is 2.45. The highest BCUT2D eigenvalue weighted by molar-refractivity contribution is 5.77. The van der Waals surface area contributed by atoms with Gasteiger partial charge in [0.05, 0.1) is 6.54 Å². The number of para-hydroxylation sites is 1. The molecule has 0 N–H and O–H groups in total. The number of halogens is 4. The minimum absolute atomic E-state index is 0.0217. The molecule has 0 bridgehead atoms. The smallest absolute Gasteiger partial charge is 0.401 e. The number of benzene rings is 1. The van der Waals surface area contributed by atoms with Crippen LogP contribution in [0.15, 0.2) is 24.3 Å². The molecule has 0 aromatic heterocycles. The van der Waals surface area contributed by atoms with Crippen LogP contribution in [0, 0.1) is 5.82 Å². The van der Waals surface area contributed by atoms with Crippen molar-refractivity contribution in [1.29, 1.82) is 0 Å². The summed E-state index contributed by atoms with van der Waals surface area (Å²) in [6.45, 7) is -0.581. The van der Waals surface area contributed by atoms with Crippen molar-refractivity contribution in [3.63, 3.8) is 0 Å². The molecule has 0 radical (unpaired) electrons. The van der Waals surface area contributed by atoms with Crippen LogP contribution in [-0.4, -0.2) is 61.2 Å². The third kappa shape index (κ3) is 4.87. The summed E-state index contributed by atoms with van der Waals surface area (Å²) in [5, 5.41) is 0. The number of carbonyl (C=O) groups excluding carboxylic acids is 1. The molecule has 1 amide bonds. The summed E-state index contributed by atoms with van der Waals surface area (Å²) in [6, 6.07) is 5.71. The van der Waals surface area contributed by atoms with E-state index in [2.05, 4.69) is 0 Å². The average molecular weight is 320 g/mol. The first kappa shape index (κ1) is 16.5. The number of rotatable bonds is 4. The third-order valence-electron chi connectivity index (χ3n) is 3.32. The molecular formula is C14H16F4N2O2. The first-order valence-corrected chi connectivity index (χ1v) is 6.79. The highest BCUT2D eigenvalue weighted by Gasteiger charge is 2.32. The summed E-state index contributed by atoms with van der Waals surface area (Å²) < 4.78 is 55.2. The van der Waals surface area contributed by atoms with Crippen molar-refractivity contribution in [2.45, 2.75) is 6.18 Å². The van der Waals surface area contributed by atoms with E-state index in [4.69, 9.17) is 4.74 Å². The van der Waals surface area contributed by atoms with Gasteiger partial charge in [-0.15, -0.1) is 0 Å². The highest BCUT2D eigenvalue weighted by Crippen LogP contribution is 2.18. The van der Waals surface area contributed by atoms with E-state index in [1.165, 1.54) is 28.0 Å². The fourth-order valence-electron chi connectivity index (χ4n) is 2.20. The van der Waals surface area contributed by atoms with E-state index in [1.54, 1.807) is 6.07 Å². The Kier molecular flexibility index (Phi) is 5.23. The van der Waals surface area contributed by atoms with Crippen LogP contribution in [-0.2, 0) is 4.79 Å². The number of alkyl halides is 3. The second-order valence-electron chi connectivity index (χ2n) is 4.99. The Balaban J connectivity index is 1.77. The Labute approximate surface area is 125 Å². The number of nitrogens with zero attached hydrogens (tertiary/aromatic N) is 2. The Morgan fingerprint density at radius 3 is 2.36 bits per heavy atom. The molecule has 1 aromatic rings. The normalized spacial score (nSPS) is 16.6. The summed E-state index contributed by atoms with van der Waals surface area (Å²) in [4.78, 5) is 14.6. The van der Waals surface area contributed by atoms with Crippen molar-refractivity contribution in [3.8, 4) is 5.75 Å². The van der Waals surface area contributed by atoms with E-state index in [0.717, 1.165) is 0 Å². The largest absolute Gasteiger partial charge is 0.481 e. The number of ether oxygens (including phenoxy) is 1. The molecule has 1 aliphatic heterocycles. The van der Waals surface area contributed by atoms with E-state index in [9.17, 15) is 22.4 Å².